The zero-order chi connectivity index (χ0) is 20.3. The van der Waals surface area contributed by atoms with E-state index < -0.39 is 0 Å². The minimum Gasteiger partial charge on any atom is -1.00 e. The second-order valence-electron chi connectivity index (χ2n) is 7.33. The highest BCUT2D eigenvalue weighted by Gasteiger charge is 2.16. The lowest BCUT2D eigenvalue weighted by Gasteiger charge is -2.22. The van der Waals surface area contributed by atoms with Gasteiger partial charge in [-0.1, -0.05) is 31.4 Å². The second-order valence-corrected chi connectivity index (χ2v) is 7.33. The number of rotatable bonds is 10. The molecule has 0 saturated heterocycles. The Bertz CT molecular complexity index is 768. The molecule has 1 saturated carbocycles. The Morgan fingerprint density at radius 2 is 1.90 bits per heavy atom. The molecule has 1 heterocycles. The normalized spacial score (nSPS) is 13.9. The van der Waals surface area contributed by atoms with Gasteiger partial charge in [-0.25, -0.2) is 0 Å². The topological polar surface area (TPSA) is 72.5 Å². The predicted molar refractivity (Wildman–Crippen MR) is 113 cm³/mol. The quantitative estimate of drug-likeness (QED) is 0.575. The average Bonchev–Trinajstić information content (AvgIpc) is 2.75. The molecule has 7 heteroatoms. The van der Waals surface area contributed by atoms with Gasteiger partial charge in [0, 0.05) is 25.3 Å². The van der Waals surface area contributed by atoms with Crippen LogP contribution in [0.5, 0.6) is 11.5 Å². The summed E-state index contributed by atoms with van der Waals surface area (Å²) in [5.41, 5.74) is 2.09. The van der Waals surface area contributed by atoms with Gasteiger partial charge in [0.1, 0.15) is 0 Å². The molecule has 30 heavy (non-hydrogen) atoms. The van der Waals surface area contributed by atoms with Gasteiger partial charge >= 0.3 is 0 Å². The third kappa shape index (κ3) is 7.84. The maximum Gasteiger partial charge on any atom is 0.258 e. The number of halogens is 1. The van der Waals surface area contributed by atoms with Crippen molar-refractivity contribution in [2.75, 3.05) is 13.2 Å². The summed E-state index contributed by atoms with van der Waals surface area (Å²) >= 11 is 0. The van der Waals surface area contributed by atoms with Crippen molar-refractivity contribution in [3.63, 3.8) is 0 Å². The summed E-state index contributed by atoms with van der Waals surface area (Å²) in [5, 5.41) is 6.45. The molecule has 1 aromatic carbocycles. The van der Waals surface area contributed by atoms with Gasteiger partial charge in [0.25, 0.3) is 5.91 Å². The summed E-state index contributed by atoms with van der Waals surface area (Å²) in [4.78, 5) is 16.5. The number of benzene rings is 1. The molecule has 3 rings (SSSR count). The Kier molecular flexibility index (Phi) is 10.5. The van der Waals surface area contributed by atoms with Crippen molar-refractivity contribution in [2.24, 2.45) is 0 Å². The first-order valence-corrected chi connectivity index (χ1v) is 10.5. The fourth-order valence-corrected chi connectivity index (χ4v) is 3.55. The highest BCUT2D eigenvalue weighted by Crippen LogP contribution is 2.28. The van der Waals surface area contributed by atoms with Crippen molar-refractivity contribution in [1.82, 2.24) is 15.6 Å². The van der Waals surface area contributed by atoms with Gasteiger partial charge < -0.3 is 32.5 Å². The largest absolute Gasteiger partial charge is 1.00 e. The van der Waals surface area contributed by atoms with Crippen molar-refractivity contribution in [1.29, 1.82) is 0 Å². The van der Waals surface area contributed by atoms with Crippen LogP contribution in [0, 0.1) is 0 Å². The Labute approximate surface area is 185 Å². The molecule has 1 fully saturated rings. The summed E-state index contributed by atoms with van der Waals surface area (Å²) in [6, 6.07) is 12.0. The Balaban J connectivity index is 0.00000320. The van der Waals surface area contributed by atoms with E-state index in [1.165, 1.54) is 19.3 Å². The maximum absolute atomic E-state index is 12.2. The first kappa shape index (κ1) is 24.0. The van der Waals surface area contributed by atoms with E-state index >= 15 is 0 Å². The van der Waals surface area contributed by atoms with Crippen LogP contribution in [0.15, 0.2) is 42.6 Å². The van der Waals surface area contributed by atoms with Gasteiger partial charge in [-0.2, -0.15) is 0 Å². The van der Waals surface area contributed by atoms with E-state index in [0.29, 0.717) is 37.2 Å². The van der Waals surface area contributed by atoms with Crippen LogP contribution in [0.1, 0.15) is 50.3 Å². The molecule has 0 radical (unpaired) electrons. The number of hydrogen-bond donors (Lipinski definition) is 2. The molecule has 2 aromatic rings. The van der Waals surface area contributed by atoms with Crippen LogP contribution < -0.4 is 32.5 Å². The molecule has 0 aliphatic heterocycles. The van der Waals surface area contributed by atoms with Crippen molar-refractivity contribution in [3.05, 3.63) is 53.9 Å². The fraction of sp³-hybridized carbons (Fsp3) is 0.478. The van der Waals surface area contributed by atoms with Crippen molar-refractivity contribution in [3.8, 4) is 11.5 Å². The van der Waals surface area contributed by atoms with E-state index in [4.69, 9.17) is 9.47 Å². The van der Waals surface area contributed by atoms with Crippen LogP contribution in [-0.2, 0) is 17.9 Å². The molecule has 0 bridgehead atoms. The number of carbonyl (C=O) groups is 1. The molecular formula is C23H31ClN3O3-. The van der Waals surface area contributed by atoms with Gasteiger partial charge in [0.2, 0.25) is 0 Å². The molecule has 0 unspecified atom stereocenters. The number of carbonyl (C=O) groups excluding carboxylic acids is 1. The first-order chi connectivity index (χ1) is 14.2. The Morgan fingerprint density at radius 1 is 1.07 bits per heavy atom. The van der Waals surface area contributed by atoms with E-state index in [1.54, 1.807) is 6.20 Å². The minimum absolute atomic E-state index is 0. The van der Waals surface area contributed by atoms with E-state index in [1.807, 2.05) is 43.3 Å². The monoisotopic (exact) mass is 432 g/mol. The number of aromatic nitrogens is 1. The smallest absolute Gasteiger partial charge is 0.258 e. The van der Waals surface area contributed by atoms with Crippen LogP contribution in [0.4, 0.5) is 0 Å². The average molecular weight is 433 g/mol. The SMILES string of the molecule is CCOc1cc(CNCc2ccccn2)ccc1OCC(=O)NC1CCCCC1.[Cl-]. The summed E-state index contributed by atoms with van der Waals surface area (Å²) < 4.78 is 11.5. The summed E-state index contributed by atoms with van der Waals surface area (Å²) in [7, 11) is 0. The summed E-state index contributed by atoms with van der Waals surface area (Å²) in [6.07, 6.45) is 7.57. The predicted octanol–water partition coefficient (Wildman–Crippen LogP) is 0.602. The minimum atomic E-state index is -0.0690. The van der Waals surface area contributed by atoms with Crippen molar-refractivity contribution < 1.29 is 26.7 Å². The molecule has 6 nitrogen and oxygen atoms in total. The standard InChI is InChI=1S/C23H31N3O3.ClH/c1-2-28-22-14-18(15-24-16-20-10-6-7-13-25-20)11-12-21(22)29-17-23(27)26-19-8-4-3-5-9-19;/h6-7,10-14,19,24H,2-5,8-9,15-17H2,1H3,(H,26,27);1H/p-1. The number of nitrogens with zero attached hydrogens (tertiary/aromatic N) is 1. The second kappa shape index (κ2) is 13.1. The highest BCUT2D eigenvalue weighted by atomic mass is 35.5. The number of nitrogens with one attached hydrogen (secondary N) is 2. The number of pyridine rings is 1. The van der Waals surface area contributed by atoms with Crippen LogP contribution >= 0.6 is 0 Å². The van der Waals surface area contributed by atoms with E-state index in [-0.39, 0.29) is 24.9 Å². The molecule has 1 aromatic heterocycles. The lowest BCUT2D eigenvalue weighted by molar-refractivity contribution is -0.124. The number of ether oxygens (including phenoxy) is 2. The van der Waals surface area contributed by atoms with Crippen LogP contribution in [0.25, 0.3) is 0 Å². The molecule has 2 N–H and O–H groups in total. The van der Waals surface area contributed by atoms with Crippen LogP contribution in [0.2, 0.25) is 0 Å². The fourth-order valence-electron chi connectivity index (χ4n) is 3.55. The molecule has 0 spiro atoms. The van der Waals surface area contributed by atoms with Gasteiger partial charge in [-0.05, 0) is 49.6 Å². The van der Waals surface area contributed by atoms with Crippen molar-refractivity contribution >= 4 is 5.91 Å². The molecule has 1 amide bonds. The first-order valence-electron chi connectivity index (χ1n) is 10.5. The van der Waals surface area contributed by atoms with Gasteiger partial charge in [-0.15, -0.1) is 0 Å². The molecule has 0 atom stereocenters. The van der Waals surface area contributed by atoms with Crippen LogP contribution in [0.3, 0.4) is 0 Å². The zero-order valence-electron chi connectivity index (χ0n) is 17.5. The number of amides is 1. The lowest BCUT2D eigenvalue weighted by atomic mass is 9.95. The molecular weight excluding hydrogens is 402 g/mol. The Hall–Kier alpha value is -2.31. The van der Waals surface area contributed by atoms with E-state index in [9.17, 15) is 4.79 Å². The van der Waals surface area contributed by atoms with E-state index in [0.717, 1.165) is 24.1 Å². The zero-order valence-corrected chi connectivity index (χ0v) is 18.3. The van der Waals surface area contributed by atoms with Gasteiger partial charge in [0.15, 0.2) is 18.1 Å². The Morgan fingerprint density at radius 3 is 2.63 bits per heavy atom. The van der Waals surface area contributed by atoms with Crippen LogP contribution in [-0.4, -0.2) is 30.1 Å². The highest BCUT2D eigenvalue weighted by molar-refractivity contribution is 5.78. The van der Waals surface area contributed by atoms with Crippen molar-refractivity contribution in [2.45, 2.75) is 58.2 Å². The number of hydrogen-bond acceptors (Lipinski definition) is 5. The lowest BCUT2D eigenvalue weighted by Crippen LogP contribution is -3.00. The summed E-state index contributed by atoms with van der Waals surface area (Å²) in [5.74, 6) is 1.19. The molecule has 164 valence electrons. The van der Waals surface area contributed by atoms with E-state index in [2.05, 4.69) is 15.6 Å². The molecule has 1 aliphatic rings. The third-order valence-electron chi connectivity index (χ3n) is 5.00. The maximum atomic E-state index is 12.2. The van der Waals surface area contributed by atoms with Gasteiger partial charge in [-0.3, -0.25) is 9.78 Å². The van der Waals surface area contributed by atoms with Gasteiger partial charge in [0.05, 0.1) is 12.3 Å². The third-order valence-corrected chi connectivity index (χ3v) is 5.00. The molecule has 1 aliphatic carbocycles. The summed E-state index contributed by atoms with van der Waals surface area (Å²) in [6.45, 7) is 3.87.